The van der Waals surface area contributed by atoms with Gasteiger partial charge in [0.2, 0.25) is 0 Å². The van der Waals surface area contributed by atoms with Gasteiger partial charge in [0.15, 0.2) is 0 Å². The van der Waals surface area contributed by atoms with Crippen molar-refractivity contribution in [3.05, 3.63) is 70.8 Å². The van der Waals surface area contributed by atoms with Gasteiger partial charge in [-0.3, -0.25) is 9.59 Å². The van der Waals surface area contributed by atoms with E-state index < -0.39 is 0 Å². The largest absolute Gasteiger partial charge is 0.466 e. The lowest BCUT2D eigenvalue weighted by molar-refractivity contribution is -0.149. The Kier molecular flexibility index (Phi) is 6.51. The Morgan fingerprint density at radius 1 is 1.06 bits per heavy atom. The molecule has 0 atom stereocenters. The molecule has 1 aliphatic rings. The molecule has 1 aliphatic heterocycles. The van der Waals surface area contributed by atoms with Gasteiger partial charge in [-0.15, -0.1) is 0 Å². The standard InChI is InChI=1S/C24H24BrN3O3/c1-2-31-24(30)18-12-14-27(15-13-18)23(29)21-16-28(20-6-4-3-5-7-20)26-22(21)17-8-10-19(25)11-9-17/h3-11,16,18H,2,12-15H2,1H3. The van der Waals surface area contributed by atoms with Crippen LogP contribution in [-0.4, -0.2) is 46.3 Å². The second kappa shape index (κ2) is 9.47. The fourth-order valence-corrected chi connectivity index (χ4v) is 4.08. The van der Waals surface area contributed by atoms with Crippen LogP contribution in [0.2, 0.25) is 0 Å². The zero-order valence-corrected chi connectivity index (χ0v) is 18.9. The minimum absolute atomic E-state index is 0.0672. The van der Waals surface area contributed by atoms with Crippen molar-refractivity contribution in [1.82, 2.24) is 14.7 Å². The fourth-order valence-electron chi connectivity index (χ4n) is 3.81. The summed E-state index contributed by atoms with van der Waals surface area (Å²) in [4.78, 5) is 27.3. The Hall–Kier alpha value is -2.93. The lowest BCUT2D eigenvalue weighted by Gasteiger charge is -2.30. The molecule has 1 amide bonds. The van der Waals surface area contributed by atoms with Crippen LogP contribution in [0.5, 0.6) is 0 Å². The smallest absolute Gasteiger partial charge is 0.309 e. The van der Waals surface area contributed by atoms with Crippen molar-refractivity contribution in [2.45, 2.75) is 19.8 Å². The second-order valence-electron chi connectivity index (χ2n) is 7.50. The molecule has 2 heterocycles. The molecule has 0 aliphatic carbocycles. The molecule has 7 heteroatoms. The van der Waals surface area contributed by atoms with Gasteiger partial charge in [0, 0.05) is 29.3 Å². The maximum Gasteiger partial charge on any atom is 0.309 e. The van der Waals surface area contributed by atoms with Crippen LogP contribution < -0.4 is 0 Å². The first-order valence-corrected chi connectivity index (χ1v) is 11.2. The molecule has 160 valence electrons. The highest BCUT2D eigenvalue weighted by molar-refractivity contribution is 9.10. The molecule has 0 saturated carbocycles. The molecular weight excluding hydrogens is 458 g/mol. The molecule has 0 unspecified atom stereocenters. The van der Waals surface area contributed by atoms with E-state index in [-0.39, 0.29) is 17.8 Å². The summed E-state index contributed by atoms with van der Waals surface area (Å²) in [6.07, 6.45) is 3.03. The number of hydrogen-bond acceptors (Lipinski definition) is 4. The summed E-state index contributed by atoms with van der Waals surface area (Å²) in [5.41, 5.74) is 2.97. The molecular formula is C24H24BrN3O3. The Bertz CT molecular complexity index is 1060. The van der Waals surface area contributed by atoms with Gasteiger partial charge in [-0.05, 0) is 44.0 Å². The van der Waals surface area contributed by atoms with Crippen LogP contribution in [0, 0.1) is 5.92 Å². The number of carbonyl (C=O) groups is 2. The van der Waals surface area contributed by atoms with E-state index in [0.717, 1.165) is 15.7 Å². The quantitative estimate of drug-likeness (QED) is 0.494. The Morgan fingerprint density at radius 3 is 2.39 bits per heavy atom. The van der Waals surface area contributed by atoms with E-state index in [2.05, 4.69) is 15.9 Å². The molecule has 31 heavy (non-hydrogen) atoms. The summed E-state index contributed by atoms with van der Waals surface area (Å²) < 4.78 is 7.85. The number of benzene rings is 2. The Labute approximate surface area is 189 Å². The van der Waals surface area contributed by atoms with Crippen LogP contribution in [0.1, 0.15) is 30.1 Å². The zero-order chi connectivity index (χ0) is 21.8. The third-order valence-corrected chi connectivity index (χ3v) is 6.01. The van der Waals surface area contributed by atoms with Crippen LogP contribution in [0.25, 0.3) is 16.9 Å². The summed E-state index contributed by atoms with van der Waals surface area (Å²) in [5, 5.41) is 4.74. The minimum atomic E-state index is -0.165. The lowest BCUT2D eigenvalue weighted by Crippen LogP contribution is -2.40. The van der Waals surface area contributed by atoms with Crippen molar-refractivity contribution < 1.29 is 14.3 Å². The normalized spacial score (nSPS) is 14.5. The first-order chi connectivity index (χ1) is 15.1. The summed E-state index contributed by atoms with van der Waals surface area (Å²) in [6, 6.07) is 17.5. The third-order valence-electron chi connectivity index (χ3n) is 5.49. The van der Waals surface area contributed by atoms with Gasteiger partial charge in [-0.25, -0.2) is 4.68 Å². The van der Waals surface area contributed by atoms with Crippen LogP contribution in [0.4, 0.5) is 0 Å². The molecule has 1 saturated heterocycles. The maximum absolute atomic E-state index is 13.5. The predicted molar refractivity (Wildman–Crippen MR) is 122 cm³/mol. The average molecular weight is 482 g/mol. The van der Waals surface area contributed by atoms with Gasteiger partial charge >= 0.3 is 5.97 Å². The van der Waals surface area contributed by atoms with Crippen molar-refractivity contribution in [3.8, 4) is 16.9 Å². The topological polar surface area (TPSA) is 64.4 Å². The zero-order valence-electron chi connectivity index (χ0n) is 17.3. The maximum atomic E-state index is 13.5. The SMILES string of the molecule is CCOC(=O)C1CCN(C(=O)c2cn(-c3ccccc3)nc2-c2ccc(Br)cc2)CC1. The molecule has 0 radical (unpaired) electrons. The number of nitrogens with zero attached hydrogens (tertiary/aromatic N) is 3. The fraction of sp³-hybridized carbons (Fsp3) is 0.292. The van der Waals surface area contributed by atoms with Crippen LogP contribution in [-0.2, 0) is 9.53 Å². The number of rotatable bonds is 5. The average Bonchev–Trinajstić information content (AvgIpc) is 3.25. The van der Waals surface area contributed by atoms with Gasteiger partial charge in [-0.1, -0.05) is 46.3 Å². The Balaban J connectivity index is 1.62. The van der Waals surface area contributed by atoms with E-state index >= 15 is 0 Å². The van der Waals surface area contributed by atoms with Gasteiger partial charge in [-0.2, -0.15) is 5.10 Å². The number of para-hydroxylation sites is 1. The van der Waals surface area contributed by atoms with Crippen molar-refractivity contribution in [2.24, 2.45) is 5.92 Å². The van der Waals surface area contributed by atoms with E-state index in [9.17, 15) is 9.59 Å². The van der Waals surface area contributed by atoms with Gasteiger partial charge < -0.3 is 9.64 Å². The first kappa shape index (κ1) is 21.3. The van der Waals surface area contributed by atoms with Crippen molar-refractivity contribution in [2.75, 3.05) is 19.7 Å². The number of carbonyl (C=O) groups excluding carboxylic acids is 2. The second-order valence-corrected chi connectivity index (χ2v) is 8.41. The highest BCUT2D eigenvalue weighted by atomic mass is 79.9. The number of ether oxygens (including phenoxy) is 1. The number of hydrogen-bond donors (Lipinski definition) is 0. The summed E-state index contributed by atoms with van der Waals surface area (Å²) in [6.45, 7) is 3.25. The molecule has 3 aromatic rings. The summed E-state index contributed by atoms with van der Waals surface area (Å²) >= 11 is 3.46. The van der Waals surface area contributed by atoms with Crippen molar-refractivity contribution in [1.29, 1.82) is 0 Å². The molecule has 0 spiro atoms. The molecule has 4 rings (SSSR count). The molecule has 0 N–H and O–H groups in total. The first-order valence-electron chi connectivity index (χ1n) is 10.4. The molecule has 0 bridgehead atoms. The minimum Gasteiger partial charge on any atom is -0.466 e. The Morgan fingerprint density at radius 2 is 1.74 bits per heavy atom. The van der Waals surface area contributed by atoms with Crippen molar-refractivity contribution in [3.63, 3.8) is 0 Å². The summed E-state index contributed by atoms with van der Waals surface area (Å²) in [5.74, 6) is -0.369. The number of halogens is 1. The van der Waals surface area contributed by atoms with Crippen LogP contribution in [0.15, 0.2) is 65.3 Å². The highest BCUT2D eigenvalue weighted by Crippen LogP contribution is 2.28. The van der Waals surface area contributed by atoms with Crippen LogP contribution >= 0.6 is 15.9 Å². The molecule has 2 aromatic carbocycles. The van der Waals surface area contributed by atoms with E-state index in [1.54, 1.807) is 10.9 Å². The number of piperidine rings is 1. The lowest BCUT2D eigenvalue weighted by atomic mass is 9.96. The third kappa shape index (κ3) is 4.71. The number of esters is 1. The van der Waals surface area contributed by atoms with E-state index in [1.165, 1.54) is 0 Å². The number of amides is 1. The number of likely N-dealkylation sites (tertiary alicyclic amines) is 1. The van der Waals surface area contributed by atoms with E-state index in [4.69, 9.17) is 9.84 Å². The predicted octanol–water partition coefficient (Wildman–Crippen LogP) is 4.72. The van der Waals surface area contributed by atoms with Gasteiger partial charge in [0.25, 0.3) is 5.91 Å². The van der Waals surface area contributed by atoms with Crippen LogP contribution in [0.3, 0.4) is 0 Å². The molecule has 1 fully saturated rings. The summed E-state index contributed by atoms with van der Waals surface area (Å²) in [7, 11) is 0. The highest BCUT2D eigenvalue weighted by Gasteiger charge is 2.30. The molecule has 1 aromatic heterocycles. The van der Waals surface area contributed by atoms with E-state index in [1.807, 2.05) is 66.4 Å². The number of aromatic nitrogens is 2. The van der Waals surface area contributed by atoms with E-state index in [0.29, 0.717) is 43.8 Å². The van der Waals surface area contributed by atoms with Gasteiger partial charge in [0.05, 0.1) is 23.8 Å². The monoisotopic (exact) mass is 481 g/mol. The van der Waals surface area contributed by atoms with Crippen molar-refractivity contribution >= 4 is 27.8 Å². The van der Waals surface area contributed by atoms with Gasteiger partial charge in [0.1, 0.15) is 5.69 Å². The molecule has 6 nitrogen and oxygen atoms in total.